The van der Waals surface area contributed by atoms with Gasteiger partial charge in [-0.2, -0.15) is 0 Å². The molecule has 0 N–H and O–H groups in total. The van der Waals surface area contributed by atoms with E-state index in [1.165, 1.54) is 63.4 Å². The molecule has 0 atom stereocenters. The van der Waals surface area contributed by atoms with Crippen LogP contribution in [0.4, 0.5) is 0 Å². The molecule has 19 heavy (non-hydrogen) atoms. The average Bonchev–Trinajstić information content (AvgIpc) is 2.39. The molecule has 0 unspecified atom stereocenters. The van der Waals surface area contributed by atoms with Gasteiger partial charge in [-0.05, 0) is 39.5 Å². The highest BCUT2D eigenvalue weighted by Gasteiger charge is 2.12. The summed E-state index contributed by atoms with van der Waals surface area (Å²) < 4.78 is 5.13. The first kappa shape index (κ1) is 16.3. The summed E-state index contributed by atoms with van der Waals surface area (Å²) >= 11 is 0. The molecule has 0 aromatic heterocycles. The summed E-state index contributed by atoms with van der Waals surface area (Å²) in [5.74, 6) is -0.107. The third-order valence-electron chi connectivity index (χ3n) is 4.07. The van der Waals surface area contributed by atoms with Gasteiger partial charge < -0.3 is 4.74 Å². The lowest BCUT2D eigenvalue weighted by molar-refractivity contribution is -0.138. The van der Waals surface area contributed by atoms with E-state index in [0.29, 0.717) is 6.61 Å². The highest BCUT2D eigenvalue weighted by molar-refractivity contribution is 5.88. The molecule has 110 valence electrons. The molecule has 0 aromatic carbocycles. The zero-order valence-electron chi connectivity index (χ0n) is 12.8. The van der Waals surface area contributed by atoms with Gasteiger partial charge in [0.1, 0.15) is 0 Å². The van der Waals surface area contributed by atoms with Crippen LogP contribution in [0, 0.1) is 0 Å². The Morgan fingerprint density at radius 2 is 1.32 bits per heavy atom. The van der Waals surface area contributed by atoms with Crippen molar-refractivity contribution in [2.24, 2.45) is 0 Å². The van der Waals surface area contributed by atoms with Crippen molar-refractivity contribution in [1.29, 1.82) is 0 Å². The largest absolute Gasteiger partial charge is 0.463 e. The van der Waals surface area contributed by atoms with E-state index in [1.807, 2.05) is 13.8 Å². The van der Waals surface area contributed by atoms with Crippen LogP contribution in [0.25, 0.3) is 0 Å². The zero-order chi connectivity index (χ0) is 13.9. The average molecular weight is 266 g/mol. The van der Waals surface area contributed by atoms with Gasteiger partial charge >= 0.3 is 5.97 Å². The predicted octanol–water partition coefficient (Wildman–Crippen LogP) is 5.17. The van der Waals surface area contributed by atoms with Crippen molar-refractivity contribution in [3.05, 3.63) is 11.1 Å². The van der Waals surface area contributed by atoms with Crippen LogP contribution in [0.2, 0.25) is 0 Å². The van der Waals surface area contributed by atoms with Crippen LogP contribution in [0.1, 0.15) is 84.5 Å². The van der Waals surface area contributed by atoms with Gasteiger partial charge in [-0.15, -0.1) is 0 Å². The number of hydrogen-bond acceptors (Lipinski definition) is 2. The zero-order valence-corrected chi connectivity index (χ0v) is 12.8. The lowest BCUT2D eigenvalue weighted by atomic mass is 9.94. The molecule has 2 nitrogen and oxygen atoms in total. The molecule has 1 aliphatic carbocycles. The number of ether oxygens (including phenoxy) is 1. The second kappa shape index (κ2) is 10.1. The summed E-state index contributed by atoms with van der Waals surface area (Å²) in [6, 6.07) is 0. The third kappa shape index (κ3) is 6.79. The van der Waals surface area contributed by atoms with Gasteiger partial charge in [0, 0.05) is 5.57 Å². The van der Waals surface area contributed by atoms with Crippen molar-refractivity contribution < 1.29 is 9.53 Å². The molecule has 1 saturated carbocycles. The quantitative estimate of drug-likeness (QED) is 0.509. The van der Waals surface area contributed by atoms with Crippen molar-refractivity contribution >= 4 is 5.97 Å². The molecule has 0 amide bonds. The fourth-order valence-electron chi connectivity index (χ4n) is 2.80. The third-order valence-corrected chi connectivity index (χ3v) is 4.07. The van der Waals surface area contributed by atoms with Crippen LogP contribution in [0.3, 0.4) is 0 Å². The number of esters is 1. The molecule has 0 radical (unpaired) electrons. The Kier molecular flexibility index (Phi) is 8.61. The fourth-order valence-corrected chi connectivity index (χ4v) is 2.80. The van der Waals surface area contributed by atoms with E-state index in [-0.39, 0.29) is 5.97 Å². The summed E-state index contributed by atoms with van der Waals surface area (Å²) in [6.45, 7) is 4.29. The smallest absolute Gasteiger partial charge is 0.333 e. The van der Waals surface area contributed by atoms with E-state index in [0.717, 1.165) is 18.4 Å². The Hall–Kier alpha value is -0.790. The van der Waals surface area contributed by atoms with Crippen molar-refractivity contribution in [3.8, 4) is 0 Å². The van der Waals surface area contributed by atoms with Crippen LogP contribution in [-0.4, -0.2) is 12.6 Å². The van der Waals surface area contributed by atoms with Crippen LogP contribution < -0.4 is 0 Å². The molecule has 0 heterocycles. The molecule has 1 aliphatic rings. The Labute approximate surface area is 118 Å². The topological polar surface area (TPSA) is 26.3 Å². The van der Waals surface area contributed by atoms with E-state index in [9.17, 15) is 4.79 Å². The first-order valence-corrected chi connectivity index (χ1v) is 8.11. The molecule has 0 spiro atoms. The summed E-state index contributed by atoms with van der Waals surface area (Å²) in [6.07, 6.45) is 14.1. The summed E-state index contributed by atoms with van der Waals surface area (Å²) in [5.41, 5.74) is 2.22. The molecule has 1 fully saturated rings. The number of hydrogen-bond donors (Lipinski definition) is 0. The van der Waals surface area contributed by atoms with Crippen molar-refractivity contribution in [2.75, 3.05) is 6.61 Å². The summed E-state index contributed by atoms with van der Waals surface area (Å²) in [7, 11) is 0. The summed E-state index contributed by atoms with van der Waals surface area (Å²) in [4.78, 5) is 11.8. The monoisotopic (exact) mass is 266 g/mol. The van der Waals surface area contributed by atoms with Gasteiger partial charge in [0.15, 0.2) is 0 Å². The maximum Gasteiger partial charge on any atom is 0.333 e. The van der Waals surface area contributed by atoms with Gasteiger partial charge in [0.05, 0.1) is 6.61 Å². The Balaban J connectivity index is 2.59. The maximum absolute atomic E-state index is 11.8. The Bertz CT molecular complexity index is 278. The number of rotatable bonds is 2. The minimum atomic E-state index is -0.107. The van der Waals surface area contributed by atoms with Crippen LogP contribution in [0.5, 0.6) is 0 Å². The van der Waals surface area contributed by atoms with E-state index < -0.39 is 0 Å². The van der Waals surface area contributed by atoms with Gasteiger partial charge in [-0.1, -0.05) is 50.5 Å². The Morgan fingerprint density at radius 3 is 1.74 bits per heavy atom. The minimum absolute atomic E-state index is 0.107. The summed E-state index contributed by atoms with van der Waals surface area (Å²) in [5, 5.41) is 0. The van der Waals surface area contributed by atoms with Gasteiger partial charge in [-0.25, -0.2) is 4.79 Å². The van der Waals surface area contributed by atoms with Crippen molar-refractivity contribution in [1.82, 2.24) is 0 Å². The molecule has 0 saturated heterocycles. The van der Waals surface area contributed by atoms with Gasteiger partial charge in [-0.3, -0.25) is 0 Å². The van der Waals surface area contributed by atoms with Crippen molar-refractivity contribution in [3.63, 3.8) is 0 Å². The van der Waals surface area contributed by atoms with Gasteiger partial charge in [0.25, 0.3) is 0 Å². The lowest BCUT2D eigenvalue weighted by Gasteiger charge is -2.13. The van der Waals surface area contributed by atoms with Crippen molar-refractivity contribution in [2.45, 2.75) is 84.5 Å². The standard InChI is InChI=1S/C17H30O2/c1-3-19-17(18)15(2)16-13-11-9-7-5-4-6-8-10-12-14-16/h3-14H2,1-2H3. The Morgan fingerprint density at radius 1 is 0.895 bits per heavy atom. The highest BCUT2D eigenvalue weighted by Crippen LogP contribution is 2.23. The molecule has 1 rings (SSSR count). The van der Waals surface area contributed by atoms with E-state index in [4.69, 9.17) is 4.74 Å². The predicted molar refractivity (Wildman–Crippen MR) is 80.1 cm³/mol. The van der Waals surface area contributed by atoms with E-state index >= 15 is 0 Å². The normalized spacial score (nSPS) is 19.2. The van der Waals surface area contributed by atoms with Gasteiger partial charge in [0.2, 0.25) is 0 Å². The van der Waals surface area contributed by atoms with Crippen LogP contribution >= 0.6 is 0 Å². The second-order valence-corrected chi connectivity index (χ2v) is 5.63. The minimum Gasteiger partial charge on any atom is -0.463 e. The molecular formula is C17H30O2. The second-order valence-electron chi connectivity index (χ2n) is 5.63. The maximum atomic E-state index is 11.8. The molecular weight excluding hydrogens is 236 g/mol. The van der Waals surface area contributed by atoms with E-state index in [2.05, 4.69) is 0 Å². The fraction of sp³-hybridized carbons (Fsp3) is 0.824. The first-order valence-electron chi connectivity index (χ1n) is 8.11. The molecule has 0 aromatic rings. The lowest BCUT2D eigenvalue weighted by Crippen LogP contribution is -2.08. The number of carbonyl (C=O) groups is 1. The SMILES string of the molecule is CCOC(=O)C(C)=C1CCCCCCCCCCC1. The van der Waals surface area contributed by atoms with Crippen LogP contribution in [-0.2, 0) is 9.53 Å². The number of allylic oxidation sites excluding steroid dienone is 1. The van der Waals surface area contributed by atoms with E-state index in [1.54, 1.807) is 0 Å². The molecule has 2 heteroatoms. The van der Waals surface area contributed by atoms with Crippen LogP contribution in [0.15, 0.2) is 11.1 Å². The molecule has 0 bridgehead atoms. The molecule has 0 aliphatic heterocycles. The first-order chi connectivity index (χ1) is 9.25. The number of carbonyl (C=O) groups excluding carboxylic acids is 1. The highest BCUT2D eigenvalue weighted by atomic mass is 16.5.